The van der Waals surface area contributed by atoms with Crippen molar-refractivity contribution in [2.24, 2.45) is 0 Å². The van der Waals surface area contributed by atoms with Gasteiger partial charge in [-0.1, -0.05) is 26.2 Å². The largest absolute Gasteiger partial charge is 0.502 e. The number of rotatable bonds is 7. The van der Waals surface area contributed by atoms with E-state index in [2.05, 4.69) is 13.5 Å². The molecular formula is C11H20O3. The molecule has 0 aliphatic carbocycles. The van der Waals surface area contributed by atoms with E-state index in [-0.39, 0.29) is 6.10 Å². The fourth-order valence-corrected chi connectivity index (χ4v) is 1.17. The van der Waals surface area contributed by atoms with Gasteiger partial charge in [-0.3, -0.25) is 0 Å². The molecule has 0 aliphatic rings. The smallest absolute Gasteiger partial charge is 0.372 e. The number of esters is 1. The van der Waals surface area contributed by atoms with Crippen molar-refractivity contribution >= 4 is 5.97 Å². The molecule has 1 unspecified atom stereocenters. The van der Waals surface area contributed by atoms with Crippen molar-refractivity contribution in [3.8, 4) is 0 Å². The van der Waals surface area contributed by atoms with Gasteiger partial charge in [0.1, 0.15) is 0 Å². The van der Waals surface area contributed by atoms with Crippen LogP contribution in [0.5, 0.6) is 0 Å². The number of carbonyl (C=O) groups is 1. The van der Waals surface area contributed by atoms with Crippen LogP contribution in [-0.4, -0.2) is 17.2 Å². The number of hydrogen-bond donors (Lipinski definition) is 1. The first-order valence-corrected chi connectivity index (χ1v) is 5.16. The third-order valence-electron chi connectivity index (χ3n) is 2.01. The van der Waals surface area contributed by atoms with Gasteiger partial charge in [0.15, 0.2) is 5.76 Å². The molecule has 0 radical (unpaired) electrons. The lowest BCUT2D eigenvalue weighted by atomic mass is 10.1. The van der Waals surface area contributed by atoms with Gasteiger partial charge in [0.05, 0.1) is 6.10 Å². The van der Waals surface area contributed by atoms with Gasteiger partial charge in [-0.15, -0.1) is 0 Å². The molecule has 0 aromatic heterocycles. The summed E-state index contributed by atoms with van der Waals surface area (Å²) in [5.74, 6) is -1.24. The molecule has 0 heterocycles. The maximum absolute atomic E-state index is 10.9. The Morgan fingerprint density at radius 2 is 2.07 bits per heavy atom. The third-order valence-corrected chi connectivity index (χ3v) is 2.01. The zero-order chi connectivity index (χ0) is 11.0. The highest BCUT2D eigenvalue weighted by molar-refractivity contribution is 5.85. The lowest BCUT2D eigenvalue weighted by Crippen LogP contribution is -2.15. The molecule has 82 valence electrons. The Labute approximate surface area is 85.8 Å². The molecule has 3 heteroatoms. The minimum absolute atomic E-state index is 0.136. The molecule has 0 rings (SSSR count). The van der Waals surface area contributed by atoms with Gasteiger partial charge in [0.25, 0.3) is 0 Å². The second-order valence-corrected chi connectivity index (χ2v) is 3.51. The maximum atomic E-state index is 10.9. The first kappa shape index (κ1) is 13.0. The van der Waals surface area contributed by atoms with Crippen LogP contribution >= 0.6 is 0 Å². The molecule has 0 saturated carbocycles. The summed E-state index contributed by atoms with van der Waals surface area (Å²) in [6.45, 7) is 7.08. The first-order valence-electron chi connectivity index (χ1n) is 5.16. The van der Waals surface area contributed by atoms with Crippen molar-refractivity contribution in [2.45, 2.75) is 52.1 Å². The van der Waals surface area contributed by atoms with Crippen molar-refractivity contribution in [3.63, 3.8) is 0 Å². The quantitative estimate of drug-likeness (QED) is 0.297. The Kier molecular flexibility index (Phi) is 6.89. The van der Waals surface area contributed by atoms with E-state index in [4.69, 9.17) is 9.84 Å². The Hall–Kier alpha value is -0.990. The van der Waals surface area contributed by atoms with E-state index in [1.165, 1.54) is 19.3 Å². The number of unbranched alkanes of at least 4 members (excludes halogenated alkanes) is 3. The highest BCUT2D eigenvalue weighted by Crippen LogP contribution is 2.08. The van der Waals surface area contributed by atoms with E-state index in [9.17, 15) is 4.79 Å². The summed E-state index contributed by atoms with van der Waals surface area (Å²) >= 11 is 0. The van der Waals surface area contributed by atoms with E-state index >= 15 is 0 Å². The van der Waals surface area contributed by atoms with Gasteiger partial charge in [-0.25, -0.2) is 4.79 Å². The monoisotopic (exact) mass is 200 g/mol. The molecule has 0 aliphatic heterocycles. The summed E-state index contributed by atoms with van der Waals surface area (Å²) in [5.41, 5.74) is 0. The van der Waals surface area contributed by atoms with Crippen LogP contribution in [0.1, 0.15) is 46.0 Å². The number of aliphatic hydroxyl groups excluding tert-OH is 1. The highest BCUT2D eigenvalue weighted by atomic mass is 16.6. The Bertz CT molecular complexity index is 187. The van der Waals surface area contributed by atoms with E-state index in [0.717, 1.165) is 12.8 Å². The van der Waals surface area contributed by atoms with Crippen LogP contribution in [-0.2, 0) is 9.53 Å². The summed E-state index contributed by atoms with van der Waals surface area (Å²) in [6, 6.07) is 0. The van der Waals surface area contributed by atoms with Crippen molar-refractivity contribution in [1.82, 2.24) is 0 Å². The standard InChI is InChI=1S/C11H20O3/c1-4-5-6-7-8-9(2)14-11(13)10(3)12/h9,12H,3-8H2,1-2H3. The van der Waals surface area contributed by atoms with Gasteiger partial charge in [-0.05, 0) is 26.3 Å². The van der Waals surface area contributed by atoms with Crippen LogP contribution in [0.3, 0.4) is 0 Å². The summed E-state index contributed by atoms with van der Waals surface area (Å²) in [6.07, 6.45) is 5.34. The SMILES string of the molecule is C=C(O)C(=O)OC(C)CCCCCC. The lowest BCUT2D eigenvalue weighted by Gasteiger charge is -2.11. The second-order valence-electron chi connectivity index (χ2n) is 3.51. The normalized spacial score (nSPS) is 12.1. The molecule has 3 nitrogen and oxygen atoms in total. The Morgan fingerprint density at radius 1 is 1.43 bits per heavy atom. The second kappa shape index (κ2) is 7.42. The topological polar surface area (TPSA) is 46.5 Å². The number of hydrogen-bond acceptors (Lipinski definition) is 3. The fraction of sp³-hybridized carbons (Fsp3) is 0.727. The maximum Gasteiger partial charge on any atom is 0.372 e. The van der Waals surface area contributed by atoms with Gasteiger partial charge in [0, 0.05) is 0 Å². The zero-order valence-electron chi connectivity index (χ0n) is 9.08. The lowest BCUT2D eigenvalue weighted by molar-refractivity contribution is -0.146. The molecule has 0 saturated heterocycles. The predicted octanol–water partition coefficient (Wildman–Crippen LogP) is 2.96. The first-order chi connectivity index (χ1) is 6.57. The predicted molar refractivity (Wildman–Crippen MR) is 56.1 cm³/mol. The van der Waals surface area contributed by atoms with Crippen molar-refractivity contribution in [1.29, 1.82) is 0 Å². The average Bonchev–Trinajstić information content (AvgIpc) is 2.12. The zero-order valence-corrected chi connectivity index (χ0v) is 9.08. The summed E-state index contributed by atoms with van der Waals surface area (Å²) in [4.78, 5) is 10.9. The van der Waals surface area contributed by atoms with Crippen molar-refractivity contribution < 1.29 is 14.6 Å². The van der Waals surface area contributed by atoms with Crippen molar-refractivity contribution in [3.05, 3.63) is 12.3 Å². The molecule has 1 N–H and O–H groups in total. The molecule has 0 bridgehead atoms. The van der Waals surface area contributed by atoms with Crippen LogP contribution in [0.25, 0.3) is 0 Å². The van der Waals surface area contributed by atoms with Crippen LogP contribution in [0, 0.1) is 0 Å². The van der Waals surface area contributed by atoms with E-state index in [0.29, 0.717) is 0 Å². The van der Waals surface area contributed by atoms with Gasteiger partial charge in [0.2, 0.25) is 0 Å². The fourth-order valence-electron chi connectivity index (χ4n) is 1.17. The molecular weight excluding hydrogens is 180 g/mol. The summed E-state index contributed by atoms with van der Waals surface area (Å²) < 4.78 is 4.90. The third kappa shape index (κ3) is 6.52. The minimum atomic E-state index is -0.715. The van der Waals surface area contributed by atoms with Crippen LogP contribution in [0.2, 0.25) is 0 Å². The highest BCUT2D eigenvalue weighted by Gasteiger charge is 2.11. The minimum Gasteiger partial charge on any atom is -0.502 e. The van der Waals surface area contributed by atoms with Crippen molar-refractivity contribution in [2.75, 3.05) is 0 Å². The van der Waals surface area contributed by atoms with Crippen LogP contribution in [0.15, 0.2) is 12.3 Å². The molecule has 14 heavy (non-hydrogen) atoms. The number of ether oxygens (including phenoxy) is 1. The van der Waals surface area contributed by atoms with E-state index in [1.54, 1.807) is 0 Å². The van der Waals surface area contributed by atoms with Gasteiger partial charge in [-0.2, -0.15) is 0 Å². The number of aliphatic hydroxyl groups is 1. The molecule has 0 amide bonds. The van der Waals surface area contributed by atoms with Gasteiger partial charge < -0.3 is 9.84 Å². The number of carbonyl (C=O) groups excluding carboxylic acids is 1. The van der Waals surface area contributed by atoms with E-state index in [1.807, 2.05) is 6.92 Å². The molecule has 0 aromatic carbocycles. The summed E-state index contributed by atoms with van der Waals surface area (Å²) in [7, 11) is 0. The molecule has 0 aromatic rings. The van der Waals surface area contributed by atoms with Gasteiger partial charge >= 0.3 is 5.97 Å². The summed E-state index contributed by atoms with van der Waals surface area (Å²) in [5, 5.41) is 8.71. The molecule has 1 atom stereocenters. The average molecular weight is 200 g/mol. The Morgan fingerprint density at radius 3 is 2.57 bits per heavy atom. The molecule has 0 fully saturated rings. The van der Waals surface area contributed by atoms with E-state index < -0.39 is 11.7 Å². The molecule has 0 spiro atoms. The van der Waals surface area contributed by atoms with Crippen LogP contribution < -0.4 is 0 Å². The van der Waals surface area contributed by atoms with Crippen LogP contribution in [0.4, 0.5) is 0 Å². The Balaban J connectivity index is 3.50.